The summed E-state index contributed by atoms with van der Waals surface area (Å²) in [6.07, 6.45) is 0.780. The molecule has 0 radical (unpaired) electrons. The van der Waals surface area contributed by atoms with E-state index in [9.17, 15) is 5.11 Å². The Labute approximate surface area is 137 Å². The second-order valence-electron chi connectivity index (χ2n) is 4.80. The van der Waals surface area contributed by atoms with Crippen LogP contribution in [0.5, 0.6) is 0 Å². The van der Waals surface area contributed by atoms with Gasteiger partial charge in [0.25, 0.3) is 0 Å². The smallest absolute Gasteiger partial charge is 0.0817 e. The van der Waals surface area contributed by atoms with Gasteiger partial charge in [0.05, 0.1) is 34.8 Å². The highest BCUT2D eigenvalue weighted by Crippen LogP contribution is 2.36. The molecule has 21 heavy (non-hydrogen) atoms. The quantitative estimate of drug-likeness (QED) is 0.905. The van der Waals surface area contributed by atoms with E-state index in [1.54, 1.807) is 11.3 Å². The van der Waals surface area contributed by atoms with Crippen LogP contribution in [0.25, 0.3) is 0 Å². The van der Waals surface area contributed by atoms with Gasteiger partial charge in [-0.15, -0.1) is 11.3 Å². The fourth-order valence-corrected chi connectivity index (χ4v) is 3.76. The lowest BCUT2D eigenvalue weighted by molar-refractivity contribution is 0.172. The Balaban J connectivity index is 1.89. The number of hydrazone groups is 1. The Morgan fingerprint density at radius 2 is 2.00 bits per heavy atom. The maximum Gasteiger partial charge on any atom is 0.0817 e. The first-order valence-corrected chi connectivity index (χ1v) is 8.26. The number of hydrogen-bond acceptors (Lipinski definition) is 4. The lowest BCUT2D eigenvalue weighted by Crippen LogP contribution is -2.22. The molecule has 0 spiro atoms. The van der Waals surface area contributed by atoms with Crippen LogP contribution in [0.3, 0.4) is 0 Å². The molecule has 0 fully saturated rings. The minimum Gasteiger partial charge on any atom is -0.394 e. The molecule has 6 heteroatoms. The lowest BCUT2D eigenvalue weighted by Gasteiger charge is -2.23. The van der Waals surface area contributed by atoms with Crippen LogP contribution < -0.4 is 0 Å². The molecule has 0 saturated heterocycles. The zero-order valence-electron chi connectivity index (χ0n) is 11.2. The largest absolute Gasteiger partial charge is 0.394 e. The summed E-state index contributed by atoms with van der Waals surface area (Å²) >= 11 is 13.7. The van der Waals surface area contributed by atoms with Gasteiger partial charge >= 0.3 is 0 Å². The molecule has 110 valence electrons. The molecule has 1 aromatic carbocycles. The van der Waals surface area contributed by atoms with Crippen molar-refractivity contribution in [2.75, 3.05) is 13.2 Å². The molecule has 0 bridgehead atoms. The highest BCUT2D eigenvalue weighted by Gasteiger charge is 2.29. The van der Waals surface area contributed by atoms with Gasteiger partial charge < -0.3 is 5.11 Å². The average Bonchev–Trinajstić information content (AvgIpc) is 3.06. The number of rotatable bonds is 4. The topological polar surface area (TPSA) is 35.8 Å². The highest BCUT2D eigenvalue weighted by molar-refractivity contribution is 7.12. The summed E-state index contributed by atoms with van der Waals surface area (Å²) in [6.45, 7) is 0.568. The van der Waals surface area contributed by atoms with E-state index in [4.69, 9.17) is 23.2 Å². The first-order valence-electron chi connectivity index (χ1n) is 6.63. The zero-order chi connectivity index (χ0) is 14.8. The maximum absolute atomic E-state index is 9.25. The van der Waals surface area contributed by atoms with E-state index in [0.29, 0.717) is 11.6 Å². The summed E-state index contributed by atoms with van der Waals surface area (Å²) in [5.41, 5.74) is 2.11. The van der Waals surface area contributed by atoms with Crippen molar-refractivity contribution < 1.29 is 5.11 Å². The van der Waals surface area contributed by atoms with Gasteiger partial charge in [0, 0.05) is 11.4 Å². The predicted octanol–water partition coefficient (Wildman–Crippen LogP) is 4.20. The fraction of sp³-hybridized carbons (Fsp3) is 0.267. The van der Waals surface area contributed by atoms with Gasteiger partial charge in [-0.25, -0.2) is 0 Å². The molecule has 2 aromatic rings. The average molecular weight is 341 g/mol. The second kappa shape index (κ2) is 6.36. The van der Waals surface area contributed by atoms with E-state index in [2.05, 4.69) is 5.10 Å². The Bertz CT molecular complexity index is 654. The third kappa shape index (κ3) is 3.09. The molecule has 1 atom stereocenters. The molecule has 0 saturated carbocycles. The molecule has 3 rings (SSSR count). The number of benzene rings is 1. The molecule has 1 unspecified atom stereocenters. The van der Waals surface area contributed by atoms with Crippen molar-refractivity contribution in [2.45, 2.75) is 12.5 Å². The van der Waals surface area contributed by atoms with Crippen LogP contribution in [0.15, 0.2) is 40.8 Å². The Kier molecular flexibility index (Phi) is 4.50. The summed E-state index contributed by atoms with van der Waals surface area (Å²) in [4.78, 5) is 1.01. The van der Waals surface area contributed by atoms with Gasteiger partial charge in [-0.3, -0.25) is 5.01 Å². The second-order valence-corrected chi connectivity index (χ2v) is 6.56. The fourth-order valence-electron chi connectivity index (χ4n) is 2.47. The van der Waals surface area contributed by atoms with Crippen LogP contribution in [0.1, 0.15) is 22.9 Å². The number of thiophene rings is 1. The summed E-state index contributed by atoms with van der Waals surface area (Å²) < 4.78 is 0. The van der Waals surface area contributed by atoms with Gasteiger partial charge in [-0.1, -0.05) is 35.3 Å². The molecule has 0 aliphatic carbocycles. The molecule has 1 aromatic heterocycles. The van der Waals surface area contributed by atoms with E-state index in [0.717, 1.165) is 27.6 Å². The molecule has 1 aliphatic rings. The standard InChI is InChI=1S/C15H14Cl2N2OS/c16-11-3-1-10(2-4-11)14-9-13(18-19(14)6-7-20)15-12(17)5-8-21-15/h1-5,8,14,20H,6-7,9H2. The van der Waals surface area contributed by atoms with Crippen molar-refractivity contribution in [2.24, 2.45) is 5.10 Å². The van der Waals surface area contributed by atoms with Gasteiger partial charge in [-0.2, -0.15) is 5.10 Å². The minimum atomic E-state index is 0.0685. The van der Waals surface area contributed by atoms with E-state index in [1.807, 2.05) is 40.7 Å². The molecule has 3 nitrogen and oxygen atoms in total. The van der Waals surface area contributed by atoms with Crippen LogP contribution in [0.2, 0.25) is 10.0 Å². The maximum atomic E-state index is 9.25. The van der Waals surface area contributed by atoms with Crippen LogP contribution in [-0.4, -0.2) is 29.0 Å². The summed E-state index contributed by atoms with van der Waals surface area (Å²) in [5, 5.41) is 19.2. The first-order chi connectivity index (χ1) is 10.2. The third-order valence-electron chi connectivity index (χ3n) is 3.46. The molecular weight excluding hydrogens is 327 g/mol. The van der Waals surface area contributed by atoms with Crippen LogP contribution in [0, 0.1) is 0 Å². The summed E-state index contributed by atoms with van der Waals surface area (Å²) in [7, 11) is 0. The van der Waals surface area contributed by atoms with Gasteiger partial charge in [-0.05, 0) is 29.1 Å². The SMILES string of the molecule is OCCN1N=C(c2sccc2Cl)CC1c1ccc(Cl)cc1. The Morgan fingerprint density at radius 1 is 1.24 bits per heavy atom. The number of β-amino-alcohol motifs (C(OH)–C–C–N with tert-alkyl or cyclic N) is 1. The van der Waals surface area contributed by atoms with Crippen molar-refractivity contribution in [3.05, 3.63) is 56.2 Å². The van der Waals surface area contributed by atoms with Crippen molar-refractivity contribution >= 4 is 40.3 Å². The Morgan fingerprint density at radius 3 is 2.62 bits per heavy atom. The highest BCUT2D eigenvalue weighted by atomic mass is 35.5. The summed E-state index contributed by atoms with van der Waals surface area (Å²) in [5.74, 6) is 0. The van der Waals surface area contributed by atoms with E-state index >= 15 is 0 Å². The van der Waals surface area contributed by atoms with Crippen LogP contribution in [-0.2, 0) is 0 Å². The van der Waals surface area contributed by atoms with Crippen LogP contribution in [0.4, 0.5) is 0 Å². The number of halogens is 2. The van der Waals surface area contributed by atoms with Crippen molar-refractivity contribution in [3.63, 3.8) is 0 Å². The minimum absolute atomic E-state index is 0.0685. The molecule has 1 N–H and O–H groups in total. The first kappa shape index (κ1) is 14.9. The number of aliphatic hydroxyl groups is 1. The van der Waals surface area contributed by atoms with E-state index in [-0.39, 0.29) is 12.6 Å². The molecular formula is C15H14Cl2N2OS. The van der Waals surface area contributed by atoms with Crippen molar-refractivity contribution in [3.8, 4) is 0 Å². The lowest BCUT2D eigenvalue weighted by atomic mass is 10.0. The number of hydrogen-bond donors (Lipinski definition) is 1. The van der Waals surface area contributed by atoms with Gasteiger partial charge in [0.2, 0.25) is 0 Å². The van der Waals surface area contributed by atoms with E-state index in [1.165, 1.54) is 0 Å². The zero-order valence-corrected chi connectivity index (χ0v) is 13.5. The van der Waals surface area contributed by atoms with Crippen molar-refractivity contribution in [1.29, 1.82) is 0 Å². The van der Waals surface area contributed by atoms with Gasteiger partial charge in [0.15, 0.2) is 0 Å². The van der Waals surface area contributed by atoms with Crippen molar-refractivity contribution in [1.82, 2.24) is 5.01 Å². The Hall–Kier alpha value is -1.07. The number of nitrogens with zero attached hydrogens (tertiary/aromatic N) is 2. The number of aliphatic hydroxyl groups excluding tert-OH is 1. The predicted molar refractivity (Wildman–Crippen MR) is 88.5 cm³/mol. The van der Waals surface area contributed by atoms with Gasteiger partial charge in [0.1, 0.15) is 0 Å². The third-order valence-corrected chi connectivity index (χ3v) is 5.10. The molecule has 1 aliphatic heterocycles. The normalized spacial score (nSPS) is 18.1. The van der Waals surface area contributed by atoms with Crippen LogP contribution >= 0.6 is 34.5 Å². The molecule has 2 heterocycles. The summed E-state index contributed by atoms with van der Waals surface area (Å²) in [6, 6.07) is 9.77. The monoisotopic (exact) mass is 340 g/mol. The van der Waals surface area contributed by atoms with E-state index < -0.39 is 0 Å². The molecule has 0 amide bonds.